The molecule has 8 heteroatoms. The molecule has 0 saturated heterocycles. The smallest absolute Gasteiger partial charge is 0.339 e. The molecular weight excluding hydrogens is 418 g/mol. The molecule has 0 fully saturated rings. The molecule has 0 aromatic heterocycles. The number of carbonyl (C=O) groups is 2. The second-order valence-corrected chi connectivity index (χ2v) is 6.73. The van der Waals surface area contributed by atoms with Gasteiger partial charge in [0.2, 0.25) is 0 Å². The fourth-order valence-electron chi connectivity index (χ4n) is 3.68. The van der Waals surface area contributed by atoms with Gasteiger partial charge in [-0.3, -0.25) is 0 Å². The first-order chi connectivity index (χ1) is 13.9. The van der Waals surface area contributed by atoms with Crippen LogP contribution in [0.4, 0.5) is 0 Å². The summed E-state index contributed by atoms with van der Waals surface area (Å²) in [6.45, 7) is 0. The van der Waals surface area contributed by atoms with E-state index < -0.39 is 23.4 Å². The minimum Gasteiger partial charge on any atom is -0.507 e. The molecule has 4 N–H and O–H groups in total. The van der Waals surface area contributed by atoms with Gasteiger partial charge in [0.25, 0.3) is 0 Å². The molecule has 0 spiro atoms. The van der Waals surface area contributed by atoms with Crippen LogP contribution in [0.1, 0.15) is 31.8 Å². The van der Waals surface area contributed by atoms with Crippen molar-refractivity contribution in [2.75, 3.05) is 0 Å². The van der Waals surface area contributed by atoms with Crippen LogP contribution in [-0.2, 0) is 6.42 Å². The van der Waals surface area contributed by atoms with E-state index in [1.54, 1.807) is 48.5 Å². The van der Waals surface area contributed by atoms with Gasteiger partial charge in [-0.15, -0.1) is 0 Å². The minimum absolute atomic E-state index is 0. The third-order valence-corrected chi connectivity index (χ3v) is 5.07. The Kier molecular flexibility index (Phi) is 8.16. The van der Waals surface area contributed by atoms with E-state index in [1.165, 1.54) is 12.1 Å². The molecule has 146 valence electrons. The number of rotatable bonds is 4. The molecule has 4 aromatic carbocycles. The quantitative estimate of drug-likeness (QED) is 0.365. The van der Waals surface area contributed by atoms with Gasteiger partial charge in [0, 0.05) is 76.7 Å². The summed E-state index contributed by atoms with van der Waals surface area (Å²) < 4.78 is 0. The zero-order chi connectivity index (χ0) is 20.7. The van der Waals surface area contributed by atoms with Gasteiger partial charge < -0.3 is 20.4 Å². The van der Waals surface area contributed by atoms with Crippen LogP contribution < -0.4 is 0 Å². The average Bonchev–Trinajstić information content (AvgIpc) is 2.70. The van der Waals surface area contributed by atoms with Crippen LogP contribution in [0, 0.1) is 0 Å². The summed E-state index contributed by atoms with van der Waals surface area (Å²) in [4.78, 5) is 23.2. The van der Waals surface area contributed by atoms with Crippen molar-refractivity contribution in [3.63, 3.8) is 0 Å². The van der Waals surface area contributed by atoms with Crippen molar-refractivity contribution < 1.29 is 30.0 Å². The molecule has 0 saturated carbocycles. The summed E-state index contributed by atoms with van der Waals surface area (Å²) >= 11 is 0. The standard InChI is InChI=1S/C23H16O6.2Na/c24-20-16(14-7-3-1-5-12(14)9-18(20)22(26)27)11-17-15-8-4-2-6-13(15)10-19(21(17)25)23(28)29;;/h1-10,24-25H,11H2,(H,26,27)(H,28,29);;. The Hall–Kier alpha value is -2.06. The summed E-state index contributed by atoms with van der Waals surface area (Å²) in [6.07, 6.45) is -0.0407. The van der Waals surface area contributed by atoms with Gasteiger partial charge in [-0.05, 0) is 33.7 Å². The number of phenols is 2. The van der Waals surface area contributed by atoms with Gasteiger partial charge in [-0.25, -0.2) is 9.59 Å². The van der Waals surface area contributed by atoms with Crippen LogP contribution in [0.5, 0.6) is 11.5 Å². The second-order valence-electron chi connectivity index (χ2n) is 6.73. The first kappa shape index (κ1) is 25.2. The number of hydrogen-bond donors (Lipinski definition) is 4. The maximum Gasteiger partial charge on any atom is 0.339 e. The van der Waals surface area contributed by atoms with E-state index in [4.69, 9.17) is 0 Å². The number of carboxylic acids is 2. The Morgan fingerprint density at radius 3 is 1.35 bits per heavy atom. The van der Waals surface area contributed by atoms with Gasteiger partial charge in [0.15, 0.2) is 0 Å². The summed E-state index contributed by atoms with van der Waals surface area (Å²) in [5.41, 5.74) is 0.112. The number of fused-ring (bicyclic) bond motifs is 2. The summed E-state index contributed by atoms with van der Waals surface area (Å²) in [5, 5.41) is 42.8. The van der Waals surface area contributed by atoms with Crippen molar-refractivity contribution in [2.24, 2.45) is 0 Å². The predicted molar refractivity (Wildman–Crippen MR) is 119 cm³/mol. The van der Waals surface area contributed by atoms with Gasteiger partial charge in [0.1, 0.15) is 22.6 Å². The number of hydrogen-bond acceptors (Lipinski definition) is 4. The van der Waals surface area contributed by atoms with E-state index in [1.807, 2.05) is 0 Å². The molecule has 0 heterocycles. The van der Waals surface area contributed by atoms with Crippen molar-refractivity contribution in [1.29, 1.82) is 0 Å². The number of benzene rings is 4. The molecular formula is C23H16Na2O6. The van der Waals surface area contributed by atoms with Crippen LogP contribution in [0.15, 0.2) is 60.7 Å². The molecule has 4 aromatic rings. The first-order valence-electron chi connectivity index (χ1n) is 8.82. The van der Waals surface area contributed by atoms with Crippen molar-refractivity contribution in [1.82, 2.24) is 0 Å². The molecule has 6 nitrogen and oxygen atoms in total. The molecule has 0 atom stereocenters. The molecule has 0 amide bonds. The van der Waals surface area contributed by atoms with E-state index >= 15 is 0 Å². The van der Waals surface area contributed by atoms with Crippen LogP contribution in [0.3, 0.4) is 0 Å². The van der Waals surface area contributed by atoms with Crippen molar-refractivity contribution in [3.05, 3.63) is 82.9 Å². The Bertz CT molecular complexity index is 1220. The normalized spacial score (nSPS) is 10.3. The summed E-state index contributed by atoms with van der Waals surface area (Å²) in [7, 11) is 0. The van der Waals surface area contributed by atoms with Crippen LogP contribution in [0.25, 0.3) is 21.5 Å². The summed E-state index contributed by atoms with van der Waals surface area (Å²) in [5.74, 6) is -3.36. The third kappa shape index (κ3) is 4.60. The average molecular weight is 434 g/mol. The van der Waals surface area contributed by atoms with E-state index in [-0.39, 0.29) is 76.7 Å². The molecule has 0 unspecified atom stereocenters. The Morgan fingerprint density at radius 2 is 1.00 bits per heavy atom. The zero-order valence-electron chi connectivity index (χ0n) is 17.1. The SMILES string of the molecule is O=C(O)c1cc2ccccc2c(Cc2c(O)c(C(=O)O)cc3ccccc23)c1O.[Na].[Na]. The van der Waals surface area contributed by atoms with Crippen molar-refractivity contribution >= 4 is 92.6 Å². The topological polar surface area (TPSA) is 115 Å². The molecule has 0 aliphatic rings. The van der Waals surface area contributed by atoms with Crippen LogP contribution in [-0.4, -0.2) is 91.5 Å². The van der Waals surface area contributed by atoms with Gasteiger partial charge in [-0.1, -0.05) is 48.5 Å². The largest absolute Gasteiger partial charge is 0.507 e. The molecule has 0 aliphatic heterocycles. The van der Waals surface area contributed by atoms with Crippen molar-refractivity contribution in [2.45, 2.75) is 6.42 Å². The molecule has 31 heavy (non-hydrogen) atoms. The Labute approximate surface area is 221 Å². The number of aromatic carboxylic acids is 2. The zero-order valence-corrected chi connectivity index (χ0v) is 21.1. The fraction of sp³-hybridized carbons (Fsp3) is 0.0435. The van der Waals surface area contributed by atoms with E-state index in [2.05, 4.69) is 0 Å². The van der Waals surface area contributed by atoms with E-state index in [0.717, 1.165) is 0 Å². The second kappa shape index (κ2) is 10.0. The first-order valence-corrected chi connectivity index (χ1v) is 8.82. The maximum absolute atomic E-state index is 11.6. The minimum atomic E-state index is -1.28. The molecule has 4 rings (SSSR count). The molecule has 0 bridgehead atoms. The van der Waals surface area contributed by atoms with E-state index in [0.29, 0.717) is 32.7 Å². The van der Waals surface area contributed by atoms with Crippen LogP contribution >= 0.6 is 0 Å². The third-order valence-electron chi connectivity index (χ3n) is 5.07. The molecule has 2 radical (unpaired) electrons. The summed E-state index contributed by atoms with van der Waals surface area (Å²) in [6, 6.07) is 16.8. The Balaban J connectivity index is 0.00000171. The predicted octanol–water partition coefficient (Wildman–Crippen LogP) is 3.63. The van der Waals surface area contributed by atoms with Gasteiger partial charge in [-0.2, -0.15) is 0 Å². The molecule has 0 aliphatic carbocycles. The fourth-order valence-corrected chi connectivity index (χ4v) is 3.68. The van der Waals surface area contributed by atoms with Crippen molar-refractivity contribution in [3.8, 4) is 11.5 Å². The van der Waals surface area contributed by atoms with Gasteiger partial charge >= 0.3 is 11.9 Å². The monoisotopic (exact) mass is 434 g/mol. The number of carboxylic acid groups (broad SMARTS) is 2. The van der Waals surface area contributed by atoms with Crippen LogP contribution in [0.2, 0.25) is 0 Å². The Morgan fingerprint density at radius 1 is 0.645 bits per heavy atom. The maximum atomic E-state index is 11.6. The van der Waals surface area contributed by atoms with Gasteiger partial charge in [0.05, 0.1) is 0 Å². The number of aromatic hydroxyl groups is 2. The van der Waals surface area contributed by atoms with E-state index in [9.17, 15) is 30.0 Å².